The molecule has 0 aromatic heterocycles. The van der Waals surface area contributed by atoms with E-state index >= 15 is 0 Å². The zero-order valence-corrected chi connectivity index (χ0v) is 13.7. The molecule has 0 saturated carbocycles. The van der Waals surface area contributed by atoms with Gasteiger partial charge in [0.25, 0.3) is 0 Å². The molecule has 2 amide bonds. The first-order valence-electron chi connectivity index (χ1n) is 6.15. The minimum atomic E-state index is -2.59. The molecule has 1 heterocycles. The van der Waals surface area contributed by atoms with Gasteiger partial charge in [0.05, 0.1) is 7.11 Å². The lowest BCUT2D eigenvalue weighted by Gasteiger charge is -2.21. The number of hydrazine groups is 1. The van der Waals surface area contributed by atoms with E-state index in [1.165, 1.54) is 4.90 Å². The molecule has 116 valence electrons. The number of benzene rings is 1. The number of methoxy groups -OCH3 is 1. The molecule has 1 aliphatic rings. The molecule has 21 heavy (non-hydrogen) atoms. The number of hydrogen-bond acceptors (Lipinski definition) is 4. The Balaban J connectivity index is 2.22. The molecular formula is C12H14Cl2FN3O2S. The maximum atomic E-state index is 13.3. The zero-order chi connectivity index (χ0) is 15.6. The normalized spacial score (nSPS) is 19.3. The van der Waals surface area contributed by atoms with Gasteiger partial charge in [-0.1, -0.05) is 30.1 Å². The van der Waals surface area contributed by atoms with E-state index in [1.807, 2.05) is 6.92 Å². The van der Waals surface area contributed by atoms with Crippen molar-refractivity contribution in [3.05, 3.63) is 24.3 Å². The number of hydrogen-bond donors (Lipinski definition) is 1. The van der Waals surface area contributed by atoms with Crippen LogP contribution in [0, 0.1) is 0 Å². The van der Waals surface area contributed by atoms with Gasteiger partial charge >= 0.3 is 9.95 Å². The van der Waals surface area contributed by atoms with E-state index < -0.39 is 9.95 Å². The first-order chi connectivity index (χ1) is 9.85. The predicted octanol–water partition coefficient (Wildman–Crippen LogP) is 3.88. The molecule has 0 aliphatic carbocycles. The summed E-state index contributed by atoms with van der Waals surface area (Å²) >= 11 is 11.0. The topological polar surface area (TPSA) is 44.8 Å². The Morgan fingerprint density at radius 1 is 1.43 bits per heavy atom. The first-order valence-corrected chi connectivity index (χ1v) is 7.68. The Morgan fingerprint density at radius 3 is 2.52 bits per heavy atom. The summed E-state index contributed by atoms with van der Waals surface area (Å²) in [4.78, 5) is 13.9. The molecule has 1 aliphatic heterocycles. The molecule has 1 aromatic carbocycles. The van der Waals surface area contributed by atoms with Crippen LogP contribution in [0.1, 0.15) is 13.3 Å². The summed E-state index contributed by atoms with van der Waals surface area (Å²) in [5.74, 6) is 0.682. The molecule has 1 saturated heterocycles. The van der Waals surface area contributed by atoms with Crippen LogP contribution in [0.2, 0.25) is 0 Å². The summed E-state index contributed by atoms with van der Waals surface area (Å²) in [5, 5.41) is 0. The Hall–Kier alpha value is -0.890. The van der Waals surface area contributed by atoms with Gasteiger partial charge in [-0.15, -0.1) is 0 Å². The van der Waals surface area contributed by atoms with Gasteiger partial charge in [0.2, 0.25) is 0 Å². The molecule has 1 fully saturated rings. The number of ether oxygens (including phenoxy) is 1. The van der Waals surface area contributed by atoms with E-state index in [2.05, 4.69) is 5.43 Å². The molecule has 9 heteroatoms. The lowest BCUT2D eigenvalue weighted by Crippen LogP contribution is -2.36. The molecule has 5 nitrogen and oxygen atoms in total. The average molecular weight is 354 g/mol. The number of nitrogens with one attached hydrogen (secondary N) is 1. The van der Waals surface area contributed by atoms with Gasteiger partial charge in [-0.05, 0) is 30.7 Å². The minimum Gasteiger partial charge on any atom is -0.497 e. The standard InChI is InChI=1S/C12H14Cl2FN3O2S/c1-3-10-16-18(21-12(13,14)15)11(19)17(10)8-4-6-9(20-2)7-5-8/h4-7,10,16H,3H2,1-2H3. The van der Waals surface area contributed by atoms with Crippen molar-refractivity contribution < 1.29 is 13.9 Å². The highest BCUT2D eigenvalue weighted by Crippen LogP contribution is 2.40. The van der Waals surface area contributed by atoms with Crippen LogP contribution in [0.5, 0.6) is 5.75 Å². The van der Waals surface area contributed by atoms with E-state index in [1.54, 1.807) is 31.4 Å². The van der Waals surface area contributed by atoms with Crippen LogP contribution in [0.15, 0.2) is 24.3 Å². The number of nitrogens with zero attached hydrogens (tertiary/aromatic N) is 2. The van der Waals surface area contributed by atoms with Gasteiger partial charge in [-0.2, -0.15) is 14.2 Å². The number of urea groups is 1. The predicted molar refractivity (Wildman–Crippen MR) is 83.1 cm³/mol. The third-order valence-electron chi connectivity index (χ3n) is 2.89. The monoisotopic (exact) mass is 353 g/mol. The fourth-order valence-corrected chi connectivity index (χ4v) is 2.92. The summed E-state index contributed by atoms with van der Waals surface area (Å²) < 4.78 is 16.8. The lowest BCUT2D eigenvalue weighted by molar-refractivity contribution is 0.235. The molecule has 1 unspecified atom stereocenters. The van der Waals surface area contributed by atoms with Crippen LogP contribution >= 0.6 is 35.1 Å². The van der Waals surface area contributed by atoms with E-state index in [0.717, 1.165) is 4.41 Å². The van der Waals surface area contributed by atoms with Gasteiger partial charge in [0.15, 0.2) is 0 Å². The highest BCUT2D eigenvalue weighted by atomic mass is 35.5. The maximum Gasteiger partial charge on any atom is 0.350 e. The van der Waals surface area contributed by atoms with Crippen molar-refractivity contribution in [3.63, 3.8) is 0 Å². The summed E-state index contributed by atoms with van der Waals surface area (Å²) in [7, 11) is 1.56. The lowest BCUT2D eigenvalue weighted by atomic mass is 10.2. The highest BCUT2D eigenvalue weighted by Gasteiger charge is 2.42. The largest absolute Gasteiger partial charge is 0.497 e. The van der Waals surface area contributed by atoms with Crippen molar-refractivity contribution in [2.45, 2.75) is 23.4 Å². The second-order valence-electron chi connectivity index (χ2n) is 4.24. The fraction of sp³-hybridized carbons (Fsp3) is 0.417. The summed E-state index contributed by atoms with van der Waals surface area (Å²) in [6.07, 6.45) is 0.313. The van der Waals surface area contributed by atoms with Crippen LogP contribution in [0.4, 0.5) is 14.9 Å². The summed E-state index contributed by atoms with van der Waals surface area (Å²) in [6.45, 7) is 1.90. The number of carbonyl (C=O) groups excluding carboxylic acids is 1. The Bertz CT molecular complexity index is 512. The average Bonchev–Trinajstić information content (AvgIpc) is 2.73. The second-order valence-corrected chi connectivity index (χ2v) is 7.03. The van der Waals surface area contributed by atoms with Crippen molar-refractivity contribution >= 4 is 46.9 Å². The molecular weight excluding hydrogens is 340 g/mol. The van der Waals surface area contributed by atoms with E-state index in [9.17, 15) is 9.18 Å². The Kier molecular flexibility index (Phi) is 5.08. The van der Waals surface area contributed by atoms with Crippen molar-refractivity contribution in [3.8, 4) is 5.75 Å². The van der Waals surface area contributed by atoms with Crippen LogP contribution in [0.3, 0.4) is 0 Å². The van der Waals surface area contributed by atoms with Crippen molar-refractivity contribution in [1.82, 2.24) is 9.84 Å². The Labute approximate surface area is 136 Å². The zero-order valence-electron chi connectivity index (χ0n) is 11.3. The van der Waals surface area contributed by atoms with Crippen LogP contribution in [-0.2, 0) is 0 Å². The maximum absolute atomic E-state index is 13.3. The van der Waals surface area contributed by atoms with Crippen LogP contribution < -0.4 is 15.1 Å². The quantitative estimate of drug-likeness (QED) is 0.644. The molecule has 0 spiro atoms. The van der Waals surface area contributed by atoms with Crippen molar-refractivity contribution in [2.24, 2.45) is 0 Å². The van der Waals surface area contributed by atoms with E-state index in [-0.39, 0.29) is 6.17 Å². The Morgan fingerprint density at radius 2 is 2.05 bits per heavy atom. The van der Waals surface area contributed by atoms with Gasteiger partial charge in [0, 0.05) is 17.6 Å². The summed E-state index contributed by atoms with van der Waals surface area (Å²) in [5.41, 5.74) is 3.52. The van der Waals surface area contributed by atoms with E-state index in [4.69, 9.17) is 27.9 Å². The van der Waals surface area contributed by atoms with Crippen molar-refractivity contribution in [1.29, 1.82) is 0 Å². The third-order valence-corrected chi connectivity index (χ3v) is 3.96. The highest BCUT2D eigenvalue weighted by molar-refractivity contribution is 8.01. The number of rotatable bonds is 5. The molecule has 0 bridgehead atoms. The molecule has 1 aromatic rings. The second kappa shape index (κ2) is 6.48. The van der Waals surface area contributed by atoms with Crippen molar-refractivity contribution in [2.75, 3.05) is 12.0 Å². The van der Waals surface area contributed by atoms with Crippen LogP contribution in [0.25, 0.3) is 0 Å². The van der Waals surface area contributed by atoms with Gasteiger partial charge in [-0.3, -0.25) is 4.90 Å². The molecule has 2 rings (SSSR count). The number of anilines is 1. The molecule has 1 atom stereocenters. The number of alkyl halides is 3. The van der Waals surface area contributed by atoms with Crippen LogP contribution in [-0.4, -0.2) is 27.6 Å². The first kappa shape index (κ1) is 16.5. The molecule has 1 N–H and O–H groups in total. The van der Waals surface area contributed by atoms with Gasteiger partial charge in [0.1, 0.15) is 11.9 Å². The minimum absolute atomic E-state index is 0.311. The smallest absolute Gasteiger partial charge is 0.350 e. The molecule has 0 radical (unpaired) electrons. The number of carbonyl (C=O) groups is 1. The summed E-state index contributed by atoms with van der Waals surface area (Å²) in [6, 6.07) is 6.54. The third kappa shape index (κ3) is 3.85. The van der Waals surface area contributed by atoms with Gasteiger partial charge < -0.3 is 4.74 Å². The van der Waals surface area contributed by atoms with Gasteiger partial charge in [-0.25, -0.2) is 4.79 Å². The SMILES string of the molecule is CCC1NN(SC(F)(Cl)Cl)C(=O)N1c1ccc(OC)cc1. The number of halogens is 3. The van der Waals surface area contributed by atoms with E-state index in [0.29, 0.717) is 29.8 Å². The fourth-order valence-electron chi connectivity index (χ4n) is 1.96. The number of amides is 2.